The maximum Gasteiger partial charge on any atom is 0.253 e. The van der Waals surface area contributed by atoms with Gasteiger partial charge in [0.15, 0.2) is 0 Å². The summed E-state index contributed by atoms with van der Waals surface area (Å²) in [5.74, 6) is -0.721. The number of halogens is 1. The first kappa shape index (κ1) is 13.2. The topological polar surface area (TPSA) is 55.1 Å². The number of nitrogen functional groups attached to an aromatic ring is 1. The Kier molecular flexibility index (Phi) is 4.11. The predicted octanol–water partition coefficient (Wildman–Crippen LogP) is 2.42. The summed E-state index contributed by atoms with van der Waals surface area (Å²) < 4.78 is 13.1. The Morgan fingerprint density at radius 1 is 1.50 bits per heavy atom. The molecular formula is C13H17FN2OS. The smallest absolute Gasteiger partial charge is 0.253 e. The first-order valence-electron chi connectivity index (χ1n) is 5.99. The molecule has 2 unspecified atom stereocenters. The molecule has 0 bridgehead atoms. The molecule has 18 heavy (non-hydrogen) atoms. The molecule has 1 aliphatic rings. The third-order valence-corrected chi connectivity index (χ3v) is 4.41. The molecule has 0 saturated heterocycles. The molecule has 1 aliphatic carbocycles. The zero-order valence-electron chi connectivity index (χ0n) is 10.3. The van der Waals surface area contributed by atoms with Crippen LogP contribution in [0.15, 0.2) is 18.2 Å². The monoisotopic (exact) mass is 268 g/mol. The lowest BCUT2D eigenvalue weighted by molar-refractivity contribution is 0.0938. The van der Waals surface area contributed by atoms with Crippen LogP contribution in [0.1, 0.15) is 29.6 Å². The van der Waals surface area contributed by atoms with Gasteiger partial charge in [0.25, 0.3) is 5.91 Å². The number of amides is 1. The van der Waals surface area contributed by atoms with E-state index in [2.05, 4.69) is 11.6 Å². The summed E-state index contributed by atoms with van der Waals surface area (Å²) >= 11 is 1.83. The molecule has 2 atom stereocenters. The van der Waals surface area contributed by atoms with E-state index in [9.17, 15) is 9.18 Å². The van der Waals surface area contributed by atoms with E-state index < -0.39 is 5.82 Å². The zero-order chi connectivity index (χ0) is 13.1. The van der Waals surface area contributed by atoms with Crippen molar-refractivity contribution in [1.82, 2.24) is 5.32 Å². The first-order valence-corrected chi connectivity index (χ1v) is 7.27. The Hall–Kier alpha value is -1.23. The molecule has 1 fully saturated rings. The molecule has 0 spiro atoms. The van der Waals surface area contributed by atoms with E-state index in [1.165, 1.54) is 18.2 Å². The van der Waals surface area contributed by atoms with Gasteiger partial charge in [-0.15, -0.1) is 0 Å². The Morgan fingerprint density at radius 2 is 2.28 bits per heavy atom. The SMILES string of the molecule is CSC1CCC(NC(=O)c2cc(F)ccc2N)C1. The Morgan fingerprint density at radius 3 is 2.94 bits per heavy atom. The highest BCUT2D eigenvalue weighted by Gasteiger charge is 2.25. The Balaban J connectivity index is 2.02. The van der Waals surface area contributed by atoms with Crippen molar-refractivity contribution in [2.24, 2.45) is 0 Å². The highest BCUT2D eigenvalue weighted by atomic mass is 32.2. The maximum atomic E-state index is 13.1. The maximum absolute atomic E-state index is 13.1. The van der Waals surface area contributed by atoms with E-state index in [0.717, 1.165) is 19.3 Å². The summed E-state index contributed by atoms with van der Waals surface area (Å²) in [5.41, 5.74) is 6.22. The fourth-order valence-corrected chi connectivity index (χ4v) is 3.07. The number of carbonyl (C=O) groups excluding carboxylic acids is 1. The van der Waals surface area contributed by atoms with Gasteiger partial charge >= 0.3 is 0 Å². The van der Waals surface area contributed by atoms with Gasteiger partial charge in [-0.25, -0.2) is 4.39 Å². The number of nitrogens with two attached hydrogens (primary N) is 1. The fourth-order valence-electron chi connectivity index (χ4n) is 2.27. The largest absolute Gasteiger partial charge is 0.398 e. The van der Waals surface area contributed by atoms with Crippen LogP contribution in [0.25, 0.3) is 0 Å². The molecule has 1 aromatic carbocycles. The van der Waals surface area contributed by atoms with Gasteiger partial charge in [0, 0.05) is 17.0 Å². The molecule has 0 aliphatic heterocycles. The van der Waals surface area contributed by atoms with Crippen LogP contribution in [0.3, 0.4) is 0 Å². The number of nitrogens with one attached hydrogen (secondary N) is 1. The number of thioether (sulfide) groups is 1. The summed E-state index contributed by atoms with van der Waals surface area (Å²) in [6, 6.07) is 4.04. The number of hydrogen-bond acceptors (Lipinski definition) is 3. The lowest BCUT2D eigenvalue weighted by atomic mass is 10.1. The van der Waals surface area contributed by atoms with Gasteiger partial charge in [-0.05, 0) is 43.7 Å². The van der Waals surface area contributed by atoms with Crippen LogP contribution >= 0.6 is 11.8 Å². The van der Waals surface area contributed by atoms with Crippen molar-refractivity contribution in [2.75, 3.05) is 12.0 Å². The van der Waals surface area contributed by atoms with Crippen molar-refractivity contribution in [2.45, 2.75) is 30.6 Å². The normalized spacial score (nSPS) is 23.0. The number of hydrogen-bond donors (Lipinski definition) is 2. The summed E-state index contributed by atoms with van der Waals surface area (Å²) in [4.78, 5) is 12.0. The van der Waals surface area contributed by atoms with E-state index in [-0.39, 0.29) is 17.5 Å². The van der Waals surface area contributed by atoms with Crippen molar-refractivity contribution < 1.29 is 9.18 Å². The van der Waals surface area contributed by atoms with Crippen LogP contribution in [0.4, 0.5) is 10.1 Å². The first-order chi connectivity index (χ1) is 8.60. The molecule has 0 aromatic heterocycles. The van der Waals surface area contributed by atoms with Gasteiger partial charge in [-0.1, -0.05) is 0 Å². The lowest BCUT2D eigenvalue weighted by Crippen LogP contribution is -2.33. The van der Waals surface area contributed by atoms with E-state index in [4.69, 9.17) is 5.73 Å². The molecule has 2 rings (SSSR count). The molecule has 3 N–H and O–H groups in total. The Labute approximate surface area is 110 Å². The van der Waals surface area contributed by atoms with Gasteiger partial charge in [0.1, 0.15) is 5.82 Å². The van der Waals surface area contributed by atoms with E-state index in [0.29, 0.717) is 10.9 Å². The minimum absolute atomic E-state index is 0.178. The fraction of sp³-hybridized carbons (Fsp3) is 0.462. The Bertz CT molecular complexity index is 453. The van der Waals surface area contributed by atoms with Crippen LogP contribution in [0.2, 0.25) is 0 Å². The number of benzene rings is 1. The molecule has 5 heteroatoms. The second-order valence-electron chi connectivity index (χ2n) is 4.57. The van der Waals surface area contributed by atoms with Crippen LogP contribution in [0, 0.1) is 5.82 Å². The average Bonchev–Trinajstić information content (AvgIpc) is 2.80. The third-order valence-electron chi connectivity index (χ3n) is 3.31. The minimum Gasteiger partial charge on any atom is -0.398 e. The second-order valence-corrected chi connectivity index (χ2v) is 5.71. The van der Waals surface area contributed by atoms with E-state index in [1.807, 2.05) is 11.8 Å². The molecular weight excluding hydrogens is 251 g/mol. The number of carbonyl (C=O) groups is 1. The minimum atomic E-state index is -0.442. The van der Waals surface area contributed by atoms with Crippen molar-refractivity contribution in [3.63, 3.8) is 0 Å². The second kappa shape index (κ2) is 5.61. The van der Waals surface area contributed by atoms with Gasteiger partial charge in [-0.3, -0.25) is 4.79 Å². The molecule has 0 heterocycles. The highest BCUT2D eigenvalue weighted by molar-refractivity contribution is 7.99. The molecule has 0 radical (unpaired) electrons. The van der Waals surface area contributed by atoms with Crippen LogP contribution in [-0.4, -0.2) is 23.5 Å². The number of anilines is 1. The van der Waals surface area contributed by atoms with Crippen LogP contribution < -0.4 is 11.1 Å². The highest BCUT2D eigenvalue weighted by Crippen LogP contribution is 2.28. The summed E-state index contributed by atoms with van der Waals surface area (Å²) in [5, 5.41) is 3.54. The van der Waals surface area contributed by atoms with Gasteiger partial charge < -0.3 is 11.1 Å². The molecule has 1 amide bonds. The zero-order valence-corrected chi connectivity index (χ0v) is 11.1. The molecule has 98 valence electrons. The molecule has 3 nitrogen and oxygen atoms in total. The van der Waals surface area contributed by atoms with Crippen LogP contribution in [-0.2, 0) is 0 Å². The van der Waals surface area contributed by atoms with E-state index >= 15 is 0 Å². The van der Waals surface area contributed by atoms with Crippen molar-refractivity contribution in [1.29, 1.82) is 0 Å². The van der Waals surface area contributed by atoms with Crippen molar-refractivity contribution >= 4 is 23.4 Å². The van der Waals surface area contributed by atoms with Gasteiger partial charge in [-0.2, -0.15) is 11.8 Å². The standard InChI is InChI=1S/C13H17FN2OS/c1-18-10-4-3-9(7-10)16-13(17)11-6-8(14)2-5-12(11)15/h2,5-6,9-10H,3-4,7,15H2,1H3,(H,16,17). The molecule has 1 saturated carbocycles. The third kappa shape index (κ3) is 2.96. The summed E-state index contributed by atoms with van der Waals surface area (Å²) in [6.07, 6.45) is 5.15. The average molecular weight is 268 g/mol. The lowest BCUT2D eigenvalue weighted by Gasteiger charge is -2.13. The van der Waals surface area contributed by atoms with Gasteiger partial charge in [0.05, 0.1) is 5.56 Å². The quantitative estimate of drug-likeness (QED) is 0.828. The van der Waals surface area contributed by atoms with Crippen molar-refractivity contribution in [3.8, 4) is 0 Å². The van der Waals surface area contributed by atoms with Gasteiger partial charge in [0.2, 0.25) is 0 Å². The number of rotatable bonds is 3. The summed E-state index contributed by atoms with van der Waals surface area (Å²) in [7, 11) is 0. The summed E-state index contributed by atoms with van der Waals surface area (Å²) in [6.45, 7) is 0. The predicted molar refractivity (Wildman–Crippen MR) is 73.2 cm³/mol. The molecule has 1 aromatic rings. The van der Waals surface area contributed by atoms with Crippen LogP contribution in [0.5, 0.6) is 0 Å². The van der Waals surface area contributed by atoms with E-state index in [1.54, 1.807) is 0 Å². The van der Waals surface area contributed by atoms with Crippen molar-refractivity contribution in [3.05, 3.63) is 29.6 Å².